The summed E-state index contributed by atoms with van der Waals surface area (Å²) in [6.07, 6.45) is 1.33. The smallest absolute Gasteiger partial charge is 0.219 e. The molecule has 0 radical (unpaired) electrons. The summed E-state index contributed by atoms with van der Waals surface area (Å²) in [4.78, 5) is 11.8. The van der Waals surface area contributed by atoms with Gasteiger partial charge in [-0.2, -0.15) is 8.70 Å². The Morgan fingerprint density at radius 1 is 1.69 bits per heavy atom. The highest BCUT2D eigenvalue weighted by atomic mass is 79.9. The SMILES string of the molecule is CN1C(C=O)CC(c2ccc(Br)s2)=NS1=O. The van der Waals surface area contributed by atoms with E-state index in [0.717, 1.165) is 20.7 Å². The Balaban J connectivity index is 2.33. The molecule has 0 N–H and O–H groups in total. The minimum Gasteiger partial charge on any atom is -0.302 e. The molecule has 1 aliphatic rings. The van der Waals surface area contributed by atoms with Crippen molar-refractivity contribution in [3.05, 3.63) is 20.8 Å². The molecule has 2 rings (SSSR count). The second-order valence-electron chi connectivity index (χ2n) is 3.33. The highest BCUT2D eigenvalue weighted by Crippen LogP contribution is 2.26. The molecule has 2 heterocycles. The lowest BCUT2D eigenvalue weighted by atomic mass is 10.1. The first kappa shape index (κ1) is 12.1. The summed E-state index contributed by atoms with van der Waals surface area (Å²) in [5.74, 6) is 0. The van der Waals surface area contributed by atoms with E-state index in [9.17, 15) is 9.00 Å². The fourth-order valence-corrected chi connectivity index (χ4v) is 3.68. The summed E-state index contributed by atoms with van der Waals surface area (Å²) in [5, 5.41) is 0. The molecule has 0 saturated heterocycles. The number of thiophene rings is 1. The normalized spacial score (nSPS) is 26.5. The zero-order valence-electron chi connectivity index (χ0n) is 8.42. The molecule has 2 atom stereocenters. The number of halogens is 1. The number of carbonyl (C=O) groups is 1. The first-order valence-electron chi connectivity index (χ1n) is 4.55. The third-order valence-corrected chi connectivity index (χ3v) is 5.13. The van der Waals surface area contributed by atoms with Gasteiger partial charge in [-0.05, 0) is 28.1 Å². The zero-order valence-corrected chi connectivity index (χ0v) is 11.6. The first-order valence-corrected chi connectivity index (χ1v) is 7.22. The molecule has 1 aliphatic heterocycles. The van der Waals surface area contributed by atoms with E-state index < -0.39 is 11.2 Å². The molecule has 2 unspecified atom stereocenters. The van der Waals surface area contributed by atoms with Crippen molar-refractivity contribution in [3.8, 4) is 0 Å². The summed E-state index contributed by atoms with van der Waals surface area (Å²) >= 11 is 3.44. The van der Waals surface area contributed by atoms with E-state index in [0.29, 0.717) is 6.42 Å². The van der Waals surface area contributed by atoms with Crippen molar-refractivity contribution in [1.29, 1.82) is 0 Å². The maximum absolute atomic E-state index is 11.6. The van der Waals surface area contributed by atoms with Crippen LogP contribution in [0.4, 0.5) is 0 Å². The summed E-state index contributed by atoms with van der Waals surface area (Å²) in [5.41, 5.74) is 0.740. The predicted molar refractivity (Wildman–Crippen MR) is 68.9 cm³/mol. The van der Waals surface area contributed by atoms with E-state index in [1.807, 2.05) is 12.1 Å². The number of hydrogen-bond acceptors (Lipinski definition) is 3. The van der Waals surface area contributed by atoms with Crippen molar-refractivity contribution in [3.63, 3.8) is 0 Å². The van der Waals surface area contributed by atoms with E-state index in [4.69, 9.17) is 0 Å². The predicted octanol–water partition coefficient (Wildman–Crippen LogP) is 1.78. The number of rotatable bonds is 2. The molecular weight excluding hydrogens is 312 g/mol. The Morgan fingerprint density at radius 2 is 2.44 bits per heavy atom. The summed E-state index contributed by atoms with van der Waals surface area (Å²) in [6.45, 7) is 0. The Bertz CT molecular complexity index is 472. The Labute approximate surface area is 108 Å². The molecule has 7 heteroatoms. The minimum atomic E-state index is -1.45. The van der Waals surface area contributed by atoms with Crippen molar-refractivity contribution < 1.29 is 9.00 Å². The average molecular weight is 321 g/mol. The van der Waals surface area contributed by atoms with Gasteiger partial charge in [0.05, 0.1) is 20.4 Å². The van der Waals surface area contributed by atoms with Gasteiger partial charge >= 0.3 is 0 Å². The highest BCUT2D eigenvalue weighted by Gasteiger charge is 2.27. The van der Waals surface area contributed by atoms with Crippen LogP contribution in [0.3, 0.4) is 0 Å². The van der Waals surface area contributed by atoms with Crippen LogP contribution in [0.5, 0.6) is 0 Å². The lowest BCUT2D eigenvalue weighted by Gasteiger charge is -2.24. The van der Waals surface area contributed by atoms with Gasteiger partial charge in [-0.25, -0.2) is 4.21 Å². The lowest BCUT2D eigenvalue weighted by Crippen LogP contribution is -2.39. The Hall–Kier alpha value is -0.370. The third kappa shape index (κ3) is 2.32. The summed E-state index contributed by atoms with van der Waals surface area (Å²) in [7, 11) is 1.64. The Morgan fingerprint density at radius 3 is 3.00 bits per heavy atom. The standard InChI is InChI=1S/C9H9BrN2O2S2/c1-12-6(5-13)4-7(11-16(12)14)8-2-3-9(10)15-8/h2-3,5-6H,4H2,1H3. The molecule has 0 aromatic carbocycles. The Kier molecular flexibility index (Phi) is 3.68. The molecule has 0 amide bonds. The van der Waals surface area contributed by atoms with Crippen molar-refractivity contribution >= 4 is 50.4 Å². The van der Waals surface area contributed by atoms with Crippen LogP contribution in [-0.2, 0) is 16.0 Å². The van der Waals surface area contributed by atoms with E-state index in [-0.39, 0.29) is 6.04 Å². The zero-order chi connectivity index (χ0) is 11.7. The maximum atomic E-state index is 11.6. The molecule has 1 aromatic heterocycles. The average Bonchev–Trinajstić information content (AvgIpc) is 2.69. The van der Waals surface area contributed by atoms with E-state index in [2.05, 4.69) is 20.3 Å². The molecule has 4 nitrogen and oxygen atoms in total. The van der Waals surface area contributed by atoms with Gasteiger partial charge in [-0.15, -0.1) is 11.3 Å². The van der Waals surface area contributed by atoms with Gasteiger partial charge in [0, 0.05) is 13.5 Å². The number of carbonyl (C=O) groups excluding carboxylic acids is 1. The number of nitrogens with zero attached hydrogens (tertiary/aromatic N) is 2. The molecular formula is C9H9BrN2O2S2. The van der Waals surface area contributed by atoms with Gasteiger partial charge in [0.1, 0.15) is 6.29 Å². The van der Waals surface area contributed by atoms with Crippen LogP contribution >= 0.6 is 27.3 Å². The van der Waals surface area contributed by atoms with Gasteiger partial charge in [-0.1, -0.05) is 0 Å². The summed E-state index contributed by atoms with van der Waals surface area (Å²) in [6, 6.07) is 3.48. The topological polar surface area (TPSA) is 49.7 Å². The van der Waals surface area contributed by atoms with E-state index in [1.165, 1.54) is 15.6 Å². The van der Waals surface area contributed by atoms with Gasteiger partial charge < -0.3 is 4.79 Å². The van der Waals surface area contributed by atoms with Crippen molar-refractivity contribution in [2.75, 3.05) is 7.05 Å². The molecule has 1 aromatic rings. The number of likely N-dealkylation sites (N-methyl/N-ethyl adjacent to an activating group) is 1. The monoisotopic (exact) mass is 320 g/mol. The fraction of sp³-hybridized carbons (Fsp3) is 0.333. The van der Waals surface area contributed by atoms with Gasteiger partial charge in [0.25, 0.3) is 0 Å². The molecule has 0 fully saturated rings. The molecule has 0 spiro atoms. The minimum absolute atomic E-state index is 0.353. The van der Waals surface area contributed by atoms with Crippen LogP contribution in [-0.4, -0.2) is 33.6 Å². The first-order chi connectivity index (χ1) is 7.61. The second-order valence-corrected chi connectivity index (χ2v) is 7.01. The number of aldehydes is 1. The molecule has 0 bridgehead atoms. The van der Waals surface area contributed by atoms with Crippen molar-refractivity contribution in [2.24, 2.45) is 4.40 Å². The third-order valence-electron chi connectivity index (χ3n) is 2.32. The quantitative estimate of drug-likeness (QED) is 0.780. The lowest BCUT2D eigenvalue weighted by molar-refractivity contribution is -0.110. The fourth-order valence-electron chi connectivity index (χ4n) is 1.39. The van der Waals surface area contributed by atoms with E-state index >= 15 is 0 Å². The van der Waals surface area contributed by atoms with Gasteiger partial charge in [0.2, 0.25) is 11.2 Å². The van der Waals surface area contributed by atoms with E-state index in [1.54, 1.807) is 7.05 Å². The van der Waals surface area contributed by atoms with Crippen LogP contribution in [0.2, 0.25) is 0 Å². The van der Waals surface area contributed by atoms with Crippen LogP contribution in [0.25, 0.3) is 0 Å². The largest absolute Gasteiger partial charge is 0.302 e. The van der Waals surface area contributed by atoms with Crippen molar-refractivity contribution in [2.45, 2.75) is 12.5 Å². The molecule has 0 aliphatic carbocycles. The van der Waals surface area contributed by atoms with Crippen LogP contribution < -0.4 is 0 Å². The molecule has 0 saturated carbocycles. The highest BCUT2D eigenvalue weighted by molar-refractivity contribution is 9.11. The maximum Gasteiger partial charge on any atom is 0.219 e. The van der Waals surface area contributed by atoms with Crippen LogP contribution in [0, 0.1) is 0 Å². The molecule has 16 heavy (non-hydrogen) atoms. The molecule has 86 valence electrons. The second kappa shape index (κ2) is 4.87. The van der Waals surface area contributed by atoms with Crippen LogP contribution in [0.15, 0.2) is 20.3 Å². The van der Waals surface area contributed by atoms with Gasteiger partial charge in [-0.3, -0.25) is 0 Å². The van der Waals surface area contributed by atoms with Crippen LogP contribution in [0.1, 0.15) is 11.3 Å². The van der Waals surface area contributed by atoms with Crippen molar-refractivity contribution in [1.82, 2.24) is 4.31 Å². The number of hydrogen-bond donors (Lipinski definition) is 0. The van der Waals surface area contributed by atoms with Gasteiger partial charge in [0.15, 0.2) is 0 Å². The summed E-state index contributed by atoms with van der Waals surface area (Å²) < 4.78 is 18.2.